The maximum absolute atomic E-state index is 12.9. The van der Waals surface area contributed by atoms with Crippen LogP contribution in [-0.4, -0.2) is 36.6 Å². The Kier molecular flexibility index (Phi) is 5.18. The van der Waals surface area contributed by atoms with Crippen LogP contribution in [0.5, 0.6) is 0 Å². The minimum atomic E-state index is -4.35. The fourth-order valence-corrected chi connectivity index (χ4v) is 3.90. The molecule has 9 heteroatoms. The Hall–Kier alpha value is -3.59. The molecule has 0 spiro atoms. The largest absolute Gasteiger partial charge is 0.416 e. The zero-order valence-electron chi connectivity index (χ0n) is 17.0. The molecule has 1 aliphatic heterocycles. The van der Waals surface area contributed by atoms with Crippen molar-refractivity contribution in [2.75, 3.05) is 6.54 Å². The summed E-state index contributed by atoms with van der Waals surface area (Å²) in [5.74, 6) is 0.694. The standard InChI is InChI=1S/C23H19F3N6/c24-23(25,26)19-3-1-15(2-4-19)21-18(12-29-31-21)14-32-10-7-20-17(13-32)11-28-22(30-20)16-5-8-27-9-6-16/h1-6,8-9,11-12H,7,10,13-14H2,(H,29,31). The fraction of sp³-hybridized carbons (Fsp3) is 0.217. The molecule has 0 radical (unpaired) electrons. The number of hydrogen-bond donors (Lipinski definition) is 1. The minimum absolute atomic E-state index is 0.623. The number of nitrogens with one attached hydrogen (secondary N) is 1. The third-order valence-electron chi connectivity index (χ3n) is 5.56. The number of aromatic amines is 1. The summed E-state index contributed by atoms with van der Waals surface area (Å²) < 4.78 is 38.6. The molecule has 4 aromatic rings. The molecular weight excluding hydrogens is 417 g/mol. The molecule has 4 heterocycles. The number of aromatic nitrogens is 5. The predicted octanol–water partition coefficient (Wildman–Crippen LogP) is 4.51. The third-order valence-corrected chi connectivity index (χ3v) is 5.56. The normalized spacial score (nSPS) is 14.3. The van der Waals surface area contributed by atoms with Crippen molar-refractivity contribution in [2.24, 2.45) is 0 Å². The maximum Gasteiger partial charge on any atom is 0.416 e. The van der Waals surface area contributed by atoms with Gasteiger partial charge in [-0.25, -0.2) is 9.97 Å². The van der Waals surface area contributed by atoms with Crippen LogP contribution in [0.4, 0.5) is 13.2 Å². The van der Waals surface area contributed by atoms with E-state index in [9.17, 15) is 13.2 Å². The Labute approximate surface area is 182 Å². The molecule has 0 amide bonds. The average Bonchev–Trinajstić information content (AvgIpc) is 3.27. The van der Waals surface area contributed by atoms with Gasteiger partial charge in [0.05, 0.1) is 23.1 Å². The molecule has 0 aliphatic carbocycles. The van der Waals surface area contributed by atoms with Crippen LogP contribution in [0.2, 0.25) is 0 Å². The topological polar surface area (TPSA) is 70.6 Å². The Bertz CT molecular complexity index is 1220. The molecular formula is C23H19F3N6. The van der Waals surface area contributed by atoms with Crippen molar-refractivity contribution >= 4 is 0 Å². The van der Waals surface area contributed by atoms with Gasteiger partial charge in [0.2, 0.25) is 0 Å². The SMILES string of the molecule is FC(F)(F)c1ccc(-c2[nH]ncc2CN2CCc3nc(-c4ccncc4)ncc3C2)cc1. The number of rotatable bonds is 4. The van der Waals surface area contributed by atoms with Crippen molar-refractivity contribution in [3.05, 3.63) is 83.6 Å². The summed E-state index contributed by atoms with van der Waals surface area (Å²) in [6, 6.07) is 8.90. The number of nitrogens with zero attached hydrogens (tertiary/aromatic N) is 5. The second-order valence-corrected chi connectivity index (χ2v) is 7.71. The average molecular weight is 436 g/mol. The number of halogens is 3. The lowest BCUT2D eigenvalue weighted by Gasteiger charge is -2.28. The Morgan fingerprint density at radius 3 is 2.50 bits per heavy atom. The Balaban J connectivity index is 1.32. The van der Waals surface area contributed by atoms with Gasteiger partial charge in [-0.15, -0.1) is 0 Å². The van der Waals surface area contributed by atoms with E-state index in [-0.39, 0.29) is 0 Å². The molecule has 6 nitrogen and oxygen atoms in total. The lowest BCUT2D eigenvalue weighted by molar-refractivity contribution is -0.137. The van der Waals surface area contributed by atoms with Crippen LogP contribution in [0.15, 0.2) is 61.2 Å². The number of benzene rings is 1. The maximum atomic E-state index is 12.9. The zero-order valence-corrected chi connectivity index (χ0v) is 17.0. The number of pyridine rings is 1. The first-order chi connectivity index (χ1) is 15.5. The second-order valence-electron chi connectivity index (χ2n) is 7.71. The minimum Gasteiger partial charge on any atom is -0.294 e. The Morgan fingerprint density at radius 1 is 0.969 bits per heavy atom. The molecule has 0 saturated carbocycles. The number of hydrogen-bond acceptors (Lipinski definition) is 5. The van der Waals surface area contributed by atoms with E-state index in [0.717, 1.165) is 53.2 Å². The Morgan fingerprint density at radius 2 is 1.75 bits per heavy atom. The predicted molar refractivity (Wildman–Crippen MR) is 112 cm³/mol. The van der Waals surface area contributed by atoms with Crippen LogP contribution in [0, 0.1) is 0 Å². The van der Waals surface area contributed by atoms with E-state index in [4.69, 9.17) is 4.98 Å². The van der Waals surface area contributed by atoms with E-state index < -0.39 is 11.7 Å². The molecule has 3 aromatic heterocycles. The molecule has 0 bridgehead atoms. The summed E-state index contributed by atoms with van der Waals surface area (Å²) in [6.45, 7) is 2.14. The monoisotopic (exact) mass is 436 g/mol. The third kappa shape index (κ3) is 4.11. The summed E-state index contributed by atoms with van der Waals surface area (Å²) in [4.78, 5) is 15.5. The van der Waals surface area contributed by atoms with Crippen molar-refractivity contribution < 1.29 is 13.2 Å². The van der Waals surface area contributed by atoms with Crippen LogP contribution >= 0.6 is 0 Å². The molecule has 0 unspecified atom stereocenters. The zero-order chi connectivity index (χ0) is 22.1. The van der Waals surface area contributed by atoms with Gasteiger partial charge >= 0.3 is 6.18 Å². The molecule has 32 heavy (non-hydrogen) atoms. The van der Waals surface area contributed by atoms with E-state index >= 15 is 0 Å². The lowest BCUT2D eigenvalue weighted by atomic mass is 10.0. The van der Waals surface area contributed by atoms with Gasteiger partial charge in [0.25, 0.3) is 0 Å². The molecule has 162 valence electrons. The van der Waals surface area contributed by atoms with Crippen LogP contribution in [0.3, 0.4) is 0 Å². The first-order valence-electron chi connectivity index (χ1n) is 10.1. The van der Waals surface area contributed by atoms with Gasteiger partial charge in [0.1, 0.15) is 0 Å². The molecule has 1 aliphatic rings. The molecule has 0 atom stereocenters. The molecule has 0 fully saturated rings. The summed E-state index contributed by atoms with van der Waals surface area (Å²) >= 11 is 0. The first kappa shape index (κ1) is 20.3. The van der Waals surface area contributed by atoms with Gasteiger partial charge in [-0.05, 0) is 29.8 Å². The van der Waals surface area contributed by atoms with Gasteiger partial charge < -0.3 is 0 Å². The van der Waals surface area contributed by atoms with Gasteiger partial charge in [-0.3, -0.25) is 15.0 Å². The van der Waals surface area contributed by atoms with Crippen molar-refractivity contribution in [2.45, 2.75) is 25.7 Å². The van der Waals surface area contributed by atoms with Crippen molar-refractivity contribution in [3.8, 4) is 22.6 Å². The molecule has 5 rings (SSSR count). The second kappa shape index (κ2) is 8.16. The van der Waals surface area contributed by atoms with E-state index in [1.54, 1.807) is 18.6 Å². The van der Waals surface area contributed by atoms with E-state index in [1.165, 1.54) is 12.1 Å². The van der Waals surface area contributed by atoms with Crippen molar-refractivity contribution in [1.82, 2.24) is 30.0 Å². The highest BCUT2D eigenvalue weighted by molar-refractivity contribution is 5.63. The number of fused-ring (bicyclic) bond motifs is 1. The van der Waals surface area contributed by atoms with E-state index in [1.807, 2.05) is 18.3 Å². The van der Waals surface area contributed by atoms with Crippen LogP contribution < -0.4 is 0 Å². The van der Waals surface area contributed by atoms with Gasteiger partial charge in [-0.1, -0.05) is 12.1 Å². The summed E-state index contributed by atoms with van der Waals surface area (Å²) in [5, 5.41) is 7.05. The van der Waals surface area contributed by atoms with Crippen LogP contribution in [0.1, 0.15) is 22.4 Å². The summed E-state index contributed by atoms with van der Waals surface area (Å²) in [7, 11) is 0. The van der Waals surface area contributed by atoms with Gasteiger partial charge in [0, 0.05) is 61.3 Å². The van der Waals surface area contributed by atoms with E-state index in [0.29, 0.717) is 24.5 Å². The first-order valence-corrected chi connectivity index (χ1v) is 10.1. The summed E-state index contributed by atoms with van der Waals surface area (Å²) in [5.41, 5.74) is 4.72. The van der Waals surface area contributed by atoms with Gasteiger partial charge in [-0.2, -0.15) is 18.3 Å². The molecule has 1 N–H and O–H groups in total. The van der Waals surface area contributed by atoms with E-state index in [2.05, 4.69) is 25.1 Å². The number of alkyl halides is 3. The summed E-state index contributed by atoms with van der Waals surface area (Å²) in [6.07, 6.45) is 3.49. The molecule has 0 saturated heterocycles. The van der Waals surface area contributed by atoms with Crippen LogP contribution in [-0.2, 0) is 25.7 Å². The molecule has 1 aromatic carbocycles. The van der Waals surface area contributed by atoms with Gasteiger partial charge in [0.15, 0.2) is 5.82 Å². The quantitative estimate of drug-likeness (QED) is 0.510. The highest BCUT2D eigenvalue weighted by Crippen LogP contribution is 2.32. The van der Waals surface area contributed by atoms with Crippen molar-refractivity contribution in [1.29, 1.82) is 0 Å². The fourth-order valence-electron chi connectivity index (χ4n) is 3.90. The van der Waals surface area contributed by atoms with Crippen molar-refractivity contribution in [3.63, 3.8) is 0 Å². The highest BCUT2D eigenvalue weighted by Gasteiger charge is 2.30. The number of H-pyrrole nitrogens is 1. The van der Waals surface area contributed by atoms with Crippen LogP contribution in [0.25, 0.3) is 22.6 Å². The lowest BCUT2D eigenvalue weighted by Crippen LogP contribution is -2.31. The highest BCUT2D eigenvalue weighted by atomic mass is 19.4. The smallest absolute Gasteiger partial charge is 0.294 e.